The van der Waals surface area contributed by atoms with Gasteiger partial charge >= 0.3 is 0 Å². The highest BCUT2D eigenvalue weighted by Gasteiger charge is 2.70. The Kier molecular flexibility index (Phi) is 1.49. The molecule has 0 radical (unpaired) electrons. The lowest BCUT2D eigenvalue weighted by atomic mass is 9.42. The van der Waals surface area contributed by atoms with Crippen molar-refractivity contribution in [2.24, 2.45) is 35.0 Å². The highest BCUT2D eigenvalue weighted by molar-refractivity contribution is 5.18. The molecule has 3 fully saturated rings. The molecule has 3 saturated carbocycles. The van der Waals surface area contributed by atoms with E-state index in [0.717, 1.165) is 35.0 Å². The summed E-state index contributed by atoms with van der Waals surface area (Å²) in [4.78, 5) is 0. The van der Waals surface area contributed by atoms with Gasteiger partial charge in [-0.15, -0.1) is 0 Å². The summed E-state index contributed by atoms with van der Waals surface area (Å²) >= 11 is 0. The number of fused-ring (bicyclic) bond motifs is 1. The van der Waals surface area contributed by atoms with Crippen LogP contribution in [0.3, 0.4) is 0 Å². The quantitative estimate of drug-likeness (QED) is 0.604. The molecule has 0 heterocycles. The molecule has 3 aliphatic carbocycles. The van der Waals surface area contributed by atoms with Crippen LogP contribution in [0.4, 0.5) is 0 Å². The Morgan fingerprint density at radius 2 is 1.77 bits per heavy atom. The van der Waals surface area contributed by atoms with Gasteiger partial charge in [-0.05, 0) is 47.8 Å². The predicted octanol–water partition coefficient (Wildman–Crippen LogP) is 3.71. The van der Waals surface area contributed by atoms with E-state index >= 15 is 0 Å². The Hall–Kier alpha value is 0. The van der Waals surface area contributed by atoms with Crippen LogP contribution in [0.15, 0.2) is 0 Å². The summed E-state index contributed by atoms with van der Waals surface area (Å²) in [5.74, 6) is 5.62. The van der Waals surface area contributed by atoms with Gasteiger partial charge in [0.1, 0.15) is 0 Å². The lowest BCUT2D eigenvalue weighted by Crippen LogP contribution is -2.57. The molecule has 74 valence electrons. The summed E-state index contributed by atoms with van der Waals surface area (Å²) in [6, 6.07) is 0. The first-order chi connectivity index (χ1) is 6.23. The van der Waals surface area contributed by atoms with Crippen molar-refractivity contribution in [2.75, 3.05) is 0 Å². The Bertz CT molecular complexity index is 232. The molecule has 0 aromatic rings. The molecule has 0 aromatic heterocycles. The predicted molar refractivity (Wildman–Crippen MR) is 55.4 cm³/mol. The summed E-state index contributed by atoms with van der Waals surface area (Å²) in [5, 5.41) is 0. The van der Waals surface area contributed by atoms with Crippen molar-refractivity contribution >= 4 is 0 Å². The largest absolute Gasteiger partial charge is 0.0651 e. The molecule has 13 heavy (non-hydrogen) atoms. The van der Waals surface area contributed by atoms with E-state index in [2.05, 4.69) is 20.8 Å². The lowest BCUT2D eigenvalue weighted by molar-refractivity contribution is -0.147. The minimum Gasteiger partial charge on any atom is -0.0651 e. The molecule has 6 unspecified atom stereocenters. The molecule has 0 nitrogen and oxygen atoms in total. The van der Waals surface area contributed by atoms with E-state index in [1.165, 1.54) is 12.8 Å². The van der Waals surface area contributed by atoms with Crippen LogP contribution in [-0.2, 0) is 0 Å². The maximum Gasteiger partial charge on any atom is -0.0233 e. The SMILES string of the molecule is CCC1C2CC3C(CC)C1(C)C3C2. The summed E-state index contributed by atoms with van der Waals surface area (Å²) < 4.78 is 0. The zero-order valence-electron chi connectivity index (χ0n) is 9.22. The van der Waals surface area contributed by atoms with E-state index in [1.54, 1.807) is 12.8 Å². The van der Waals surface area contributed by atoms with Gasteiger partial charge < -0.3 is 0 Å². The van der Waals surface area contributed by atoms with Crippen LogP contribution in [0.5, 0.6) is 0 Å². The monoisotopic (exact) mass is 178 g/mol. The first kappa shape index (κ1) is 8.32. The molecular weight excluding hydrogens is 156 g/mol. The average molecular weight is 178 g/mol. The number of hydrogen-bond acceptors (Lipinski definition) is 0. The second kappa shape index (κ2) is 2.32. The fourth-order valence-electron chi connectivity index (χ4n) is 5.79. The van der Waals surface area contributed by atoms with Crippen molar-refractivity contribution in [2.45, 2.75) is 46.5 Å². The van der Waals surface area contributed by atoms with Crippen LogP contribution in [0.1, 0.15) is 46.5 Å². The van der Waals surface area contributed by atoms with Gasteiger partial charge in [-0.3, -0.25) is 0 Å². The topological polar surface area (TPSA) is 0 Å². The minimum atomic E-state index is 0.789. The molecule has 2 bridgehead atoms. The molecular formula is C13H22. The molecule has 3 aliphatic rings. The third-order valence-electron chi connectivity index (χ3n) is 6.01. The zero-order chi connectivity index (χ0) is 9.22. The first-order valence-corrected chi connectivity index (χ1v) is 6.23. The molecule has 0 amide bonds. The fraction of sp³-hybridized carbons (Fsp3) is 1.00. The van der Waals surface area contributed by atoms with Crippen molar-refractivity contribution in [3.63, 3.8) is 0 Å². The smallest absolute Gasteiger partial charge is 0.0233 e. The van der Waals surface area contributed by atoms with Crippen LogP contribution in [-0.4, -0.2) is 0 Å². The van der Waals surface area contributed by atoms with Gasteiger partial charge in [-0.25, -0.2) is 0 Å². The van der Waals surface area contributed by atoms with E-state index in [-0.39, 0.29) is 0 Å². The second-order valence-corrected chi connectivity index (χ2v) is 5.90. The molecule has 0 spiro atoms. The van der Waals surface area contributed by atoms with E-state index in [9.17, 15) is 0 Å². The first-order valence-electron chi connectivity index (χ1n) is 6.23. The van der Waals surface area contributed by atoms with Gasteiger partial charge in [0.15, 0.2) is 0 Å². The molecule has 0 heteroatoms. The van der Waals surface area contributed by atoms with Crippen molar-refractivity contribution in [3.8, 4) is 0 Å². The van der Waals surface area contributed by atoms with Crippen LogP contribution in [0.25, 0.3) is 0 Å². The third-order valence-corrected chi connectivity index (χ3v) is 6.01. The van der Waals surface area contributed by atoms with Gasteiger partial charge in [-0.1, -0.05) is 33.6 Å². The van der Waals surface area contributed by atoms with Gasteiger partial charge in [0.05, 0.1) is 0 Å². The Morgan fingerprint density at radius 1 is 1.08 bits per heavy atom. The van der Waals surface area contributed by atoms with Crippen molar-refractivity contribution in [3.05, 3.63) is 0 Å². The standard InChI is InChI=1S/C13H22/c1-4-10-8-6-9-11(5-2)13(10,3)12(9)7-8/h8-12H,4-7H2,1-3H3. The number of hydrogen-bond donors (Lipinski definition) is 0. The van der Waals surface area contributed by atoms with E-state index in [0.29, 0.717) is 0 Å². The van der Waals surface area contributed by atoms with Crippen LogP contribution in [0, 0.1) is 35.0 Å². The lowest BCUT2D eigenvalue weighted by Gasteiger charge is -2.62. The van der Waals surface area contributed by atoms with Crippen molar-refractivity contribution < 1.29 is 0 Å². The molecule has 0 saturated heterocycles. The average Bonchev–Trinajstić information content (AvgIpc) is 2.58. The Morgan fingerprint density at radius 3 is 2.38 bits per heavy atom. The van der Waals surface area contributed by atoms with Gasteiger partial charge in [-0.2, -0.15) is 0 Å². The van der Waals surface area contributed by atoms with Crippen LogP contribution in [0.2, 0.25) is 0 Å². The fourth-order valence-corrected chi connectivity index (χ4v) is 5.79. The maximum absolute atomic E-state index is 2.61. The molecule has 3 rings (SSSR count). The van der Waals surface area contributed by atoms with Gasteiger partial charge in [0.2, 0.25) is 0 Å². The summed E-state index contributed by atoms with van der Waals surface area (Å²) in [6.07, 6.45) is 6.08. The van der Waals surface area contributed by atoms with Gasteiger partial charge in [0.25, 0.3) is 0 Å². The normalized spacial score (nSPS) is 62.5. The van der Waals surface area contributed by atoms with E-state index < -0.39 is 0 Å². The zero-order valence-corrected chi connectivity index (χ0v) is 9.22. The van der Waals surface area contributed by atoms with Crippen molar-refractivity contribution in [1.82, 2.24) is 0 Å². The summed E-state index contributed by atoms with van der Waals surface area (Å²) in [7, 11) is 0. The van der Waals surface area contributed by atoms with E-state index in [4.69, 9.17) is 0 Å². The highest BCUT2D eigenvalue weighted by Crippen LogP contribution is 2.77. The van der Waals surface area contributed by atoms with Gasteiger partial charge in [0, 0.05) is 0 Å². The molecule has 0 aromatic carbocycles. The maximum atomic E-state index is 2.61. The summed E-state index contributed by atoms with van der Waals surface area (Å²) in [5.41, 5.74) is 0.789. The second-order valence-electron chi connectivity index (χ2n) is 5.90. The Balaban J connectivity index is 1.95. The van der Waals surface area contributed by atoms with E-state index in [1.807, 2.05) is 0 Å². The highest BCUT2D eigenvalue weighted by atomic mass is 14.7. The van der Waals surface area contributed by atoms with Crippen LogP contribution >= 0.6 is 0 Å². The minimum absolute atomic E-state index is 0.789. The summed E-state index contributed by atoms with van der Waals surface area (Å²) in [6.45, 7) is 7.43. The molecule has 6 atom stereocenters. The number of rotatable bonds is 2. The van der Waals surface area contributed by atoms with Crippen molar-refractivity contribution in [1.29, 1.82) is 0 Å². The third kappa shape index (κ3) is 0.680. The Labute approximate surface area is 82.1 Å². The molecule has 0 aliphatic heterocycles. The van der Waals surface area contributed by atoms with Crippen LogP contribution < -0.4 is 0 Å². The molecule has 0 N–H and O–H groups in total.